The number of hydrogen-bond donors (Lipinski definition) is 2. The Labute approximate surface area is 130 Å². The fourth-order valence-electron chi connectivity index (χ4n) is 1.85. The van der Waals surface area contributed by atoms with Crippen LogP contribution in [-0.4, -0.2) is 16.8 Å². The fourth-order valence-corrected chi connectivity index (χ4v) is 1.85. The van der Waals surface area contributed by atoms with Crippen molar-refractivity contribution in [2.24, 2.45) is 5.73 Å². The molecule has 0 saturated carbocycles. The van der Waals surface area contributed by atoms with E-state index in [1.54, 1.807) is 13.0 Å². The van der Waals surface area contributed by atoms with Crippen LogP contribution in [-0.2, 0) is 0 Å². The van der Waals surface area contributed by atoms with Gasteiger partial charge in [0.25, 0.3) is 5.69 Å². The molecule has 0 heterocycles. The number of carbonyl (C=O) groups is 2. The molecule has 4 N–H and O–H groups in total. The van der Waals surface area contributed by atoms with Gasteiger partial charge in [0.15, 0.2) is 0 Å². The summed E-state index contributed by atoms with van der Waals surface area (Å²) in [6.45, 7) is 1.68. The number of nitro groups is 1. The Balaban J connectivity index is 2.33. The van der Waals surface area contributed by atoms with Crippen molar-refractivity contribution in [2.45, 2.75) is 6.92 Å². The molecular weight excluding hydrogens is 302 g/mol. The molecule has 118 valence electrons. The van der Waals surface area contributed by atoms with E-state index < -0.39 is 16.8 Å². The molecule has 0 atom stereocenters. The molecule has 0 aliphatic rings. The molecular formula is C15H13N3O5. The molecule has 2 aromatic carbocycles. The number of carbonyl (C=O) groups excluding carboxylic acids is 2. The minimum absolute atomic E-state index is 0.0326. The Morgan fingerprint density at radius 2 is 1.78 bits per heavy atom. The third kappa shape index (κ3) is 3.43. The van der Waals surface area contributed by atoms with Crippen molar-refractivity contribution in [1.82, 2.24) is 0 Å². The van der Waals surface area contributed by atoms with Crippen molar-refractivity contribution < 1.29 is 19.2 Å². The summed E-state index contributed by atoms with van der Waals surface area (Å²) in [5.74, 6) is -1.32. The van der Waals surface area contributed by atoms with Gasteiger partial charge in [-0.2, -0.15) is 0 Å². The Bertz CT molecular complexity index is 817. The number of nitrogens with two attached hydrogens (primary N) is 2. The second kappa shape index (κ2) is 6.14. The van der Waals surface area contributed by atoms with E-state index in [1.807, 2.05) is 0 Å². The summed E-state index contributed by atoms with van der Waals surface area (Å²) in [4.78, 5) is 33.5. The van der Waals surface area contributed by atoms with E-state index in [-0.39, 0.29) is 28.3 Å². The van der Waals surface area contributed by atoms with Crippen LogP contribution in [0.4, 0.5) is 11.4 Å². The summed E-state index contributed by atoms with van der Waals surface area (Å²) in [7, 11) is 0. The number of rotatable bonds is 4. The summed E-state index contributed by atoms with van der Waals surface area (Å²) in [6.07, 6.45) is 0. The lowest BCUT2D eigenvalue weighted by molar-refractivity contribution is -0.383. The summed E-state index contributed by atoms with van der Waals surface area (Å²) >= 11 is 0. The molecule has 2 aromatic rings. The highest BCUT2D eigenvalue weighted by Gasteiger charge is 2.18. The normalized spacial score (nSPS) is 10.1. The molecule has 0 bridgehead atoms. The minimum Gasteiger partial charge on any atom is -0.423 e. The van der Waals surface area contributed by atoms with Crippen molar-refractivity contribution in [2.75, 3.05) is 5.73 Å². The molecule has 0 spiro atoms. The number of esters is 1. The number of benzene rings is 2. The number of nitrogen functional groups attached to an aromatic ring is 1. The van der Waals surface area contributed by atoms with E-state index in [4.69, 9.17) is 16.2 Å². The first-order chi connectivity index (χ1) is 10.8. The maximum absolute atomic E-state index is 12.1. The van der Waals surface area contributed by atoms with Gasteiger partial charge in [-0.05, 0) is 36.8 Å². The zero-order chi connectivity index (χ0) is 17.1. The van der Waals surface area contributed by atoms with E-state index in [9.17, 15) is 19.7 Å². The van der Waals surface area contributed by atoms with Crippen LogP contribution >= 0.6 is 0 Å². The number of nitrogens with zero attached hydrogens (tertiary/aromatic N) is 1. The minimum atomic E-state index is -0.808. The SMILES string of the molecule is Cc1ccc(C(N)=O)cc1OC(=O)c1ccc(N)c([N+](=O)[O-])c1. The zero-order valence-corrected chi connectivity index (χ0v) is 12.1. The van der Waals surface area contributed by atoms with Crippen LogP contribution in [0.5, 0.6) is 5.75 Å². The lowest BCUT2D eigenvalue weighted by atomic mass is 10.1. The van der Waals surface area contributed by atoms with E-state index in [0.717, 1.165) is 6.07 Å². The number of nitro benzene ring substituents is 1. The molecule has 2 rings (SSSR count). The quantitative estimate of drug-likeness (QED) is 0.290. The molecule has 8 heteroatoms. The van der Waals surface area contributed by atoms with Crippen molar-refractivity contribution in [3.8, 4) is 5.75 Å². The Kier molecular flexibility index (Phi) is 4.26. The second-order valence-corrected chi connectivity index (χ2v) is 4.76. The van der Waals surface area contributed by atoms with Gasteiger partial charge >= 0.3 is 5.97 Å². The predicted octanol–water partition coefficient (Wildman–Crippen LogP) is 1.80. The summed E-state index contributed by atoms with van der Waals surface area (Å²) < 4.78 is 5.19. The van der Waals surface area contributed by atoms with Gasteiger partial charge in [-0.25, -0.2) is 4.79 Å². The monoisotopic (exact) mass is 315 g/mol. The maximum Gasteiger partial charge on any atom is 0.343 e. The highest BCUT2D eigenvalue weighted by atomic mass is 16.6. The number of anilines is 1. The van der Waals surface area contributed by atoms with Crippen LogP contribution in [0, 0.1) is 17.0 Å². The van der Waals surface area contributed by atoms with Gasteiger partial charge < -0.3 is 16.2 Å². The highest BCUT2D eigenvalue weighted by molar-refractivity contribution is 5.95. The van der Waals surface area contributed by atoms with Crippen LogP contribution in [0.3, 0.4) is 0 Å². The number of ether oxygens (including phenoxy) is 1. The Morgan fingerprint density at radius 1 is 1.13 bits per heavy atom. The molecule has 0 aliphatic carbocycles. The van der Waals surface area contributed by atoms with Gasteiger partial charge in [-0.15, -0.1) is 0 Å². The number of primary amides is 1. The van der Waals surface area contributed by atoms with Crippen LogP contribution in [0.1, 0.15) is 26.3 Å². The molecule has 23 heavy (non-hydrogen) atoms. The van der Waals surface area contributed by atoms with Crippen LogP contribution in [0.15, 0.2) is 36.4 Å². The van der Waals surface area contributed by atoms with Crippen molar-refractivity contribution in [1.29, 1.82) is 0 Å². The van der Waals surface area contributed by atoms with Crippen molar-refractivity contribution >= 4 is 23.3 Å². The lowest BCUT2D eigenvalue weighted by Gasteiger charge is -2.09. The standard InChI is InChI=1S/C15H13N3O5/c1-8-2-3-9(14(17)19)7-13(8)23-15(20)10-4-5-11(16)12(6-10)18(21)22/h2-7H,16H2,1H3,(H2,17,19). The molecule has 0 aliphatic heterocycles. The fraction of sp³-hybridized carbons (Fsp3) is 0.0667. The maximum atomic E-state index is 12.1. The van der Waals surface area contributed by atoms with Crippen LogP contribution in [0.25, 0.3) is 0 Å². The van der Waals surface area contributed by atoms with E-state index >= 15 is 0 Å². The lowest BCUT2D eigenvalue weighted by Crippen LogP contribution is -2.13. The molecule has 0 fully saturated rings. The van der Waals surface area contributed by atoms with E-state index in [1.165, 1.54) is 24.3 Å². The zero-order valence-electron chi connectivity index (χ0n) is 12.1. The van der Waals surface area contributed by atoms with Gasteiger partial charge in [0.05, 0.1) is 10.5 Å². The highest BCUT2D eigenvalue weighted by Crippen LogP contribution is 2.25. The van der Waals surface area contributed by atoms with E-state index in [0.29, 0.717) is 5.56 Å². The molecule has 1 amide bonds. The predicted molar refractivity (Wildman–Crippen MR) is 82.2 cm³/mol. The molecule has 0 saturated heterocycles. The van der Waals surface area contributed by atoms with Gasteiger partial charge in [-0.1, -0.05) is 6.07 Å². The van der Waals surface area contributed by atoms with Crippen molar-refractivity contribution in [3.63, 3.8) is 0 Å². The largest absolute Gasteiger partial charge is 0.423 e. The summed E-state index contributed by atoms with van der Waals surface area (Å²) in [5.41, 5.74) is 11.0. The van der Waals surface area contributed by atoms with Gasteiger partial charge in [-0.3, -0.25) is 14.9 Å². The second-order valence-electron chi connectivity index (χ2n) is 4.76. The van der Waals surface area contributed by atoms with Crippen molar-refractivity contribution in [3.05, 3.63) is 63.2 Å². The Hall–Kier alpha value is -3.42. The van der Waals surface area contributed by atoms with E-state index in [2.05, 4.69) is 0 Å². The number of amides is 1. The smallest absolute Gasteiger partial charge is 0.343 e. The topological polar surface area (TPSA) is 139 Å². The molecule has 0 unspecified atom stereocenters. The summed E-state index contributed by atoms with van der Waals surface area (Å²) in [6, 6.07) is 8.02. The average Bonchev–Trinajstić information content (AvgIpc) is 2.49. The third-order valence-corrected chi connectivity index (χ3v) is 3.14. The molecule has 0 radical (unpaired) electrons. The Morgan fingerprint density at radius 3 is 2.39 bits per heavy atom. The van der Waals surface area contributed by atoms with Gasteiger partial charge in [0.1, 0.15) is 11.4 Å². The summed E-state index contributed by atoms with van der Waals surface area (Å²) in [5, 5.41) is 10.9. The average molecular weight is 315 g/mol. The molecule has 8 nitrogen and oxygen atoms in total. The van der Waals surface area contributed by atoms with Gasteiger partial charge in [0.2, 0.25) is 5.91 Å². The first-order valence-electron chi connectivity index (χ1n) is 6.46. The van der Waals surface area contributed by atoms with Crippen LogP contribution < -0.4 is 16.2 Å². The van der Waals surface area contributed by atoms with Gasteiger partial charge in [0, 0.05) is 11.6 Å². The third-order valence-electron chi connectivity index (χ3n) is 3.14. The van der Waals surface area contributed by atoms with Crippen LogP contribution in [0.2, 0.25) is 0 Å². The first-order valence-corrected chi connectivity index (χ1v) is 6.46. The number of aryl methyl sites for hydroxylation is 1. The molecule has 0 aromatic heterocycles. The number of hydrogen-bond acceptors (Lipinski definition) is 6. The first kappa shape index (κ1) is 16.0.